The molecule has 0 unspecified atom stereocenters. The number of hydrogen-bond donors (Lipinski definition) is 1. The molecule has 2 N–H and O–H groups in total. The summed E-state index contributed by atoms with van der Waals surface area (Å²) in [5.41, 5.74) is 5.68. The third kappa shape index (κ3) is 3.79. The second-order valence-electron chi connectivity index (χ2n) is 5.51. The molecule has 108 valence electrons. The molecule has 0 aliphatic carbocycles. The van der Waals surface area contributed by atoms with Gasteiger partial charge in [0.25, 0.3) is 0 Å². The van der Waals surface area contributed by atoms with Crippen LogP contribution in [0.5, 0.6) is 0 Å². The second kappa shape index (κ2) is 6.52. The summed E-state index contributed by atoms with van der Waals surface area (Å²) in [4.78, 5) is 2.28. The summed E-state index contributed by atoms with van der Waals surface area (Å²) in [6, 6.07) is 0. The van der Waals surface area contributed by atoms with Crippen LogP contribution in [0, 0.1) is 5.92 Å². The topological polar surface area (TPSA) is 64.3 Å². The fraction of sp³-hybridized carbons (Fsp3) is 0.846. The first-order valence-corrected chi connectivity index (χ1v) is 7.91. The number of nitrogen functional groups attached to an aromatic ring is 1. The maximum absolute atomic E-state index is 6.19. The minimum Gasteiger partial charge on any atom is -0.374 e. The zero-order valence-electron chi connectivity index (χ0n) is 12.0. The smallest absolute Gasteiger partial charge is 0.210 e. The molecule has 0 aromatic carbocycles. The molecule has 1 saturated heterocycles. The number of unbranched alkanes of at least 4 members (excludes halogenated alkanes) is 1. The van der Waals surface area contributed by atoms with Crippen LogP contribution in [0.25, 0.3) is 0 Å². The Balaban J connectivity index is 2.05. The lowest BCUT2D eigenvalue weighted by Crippen LogP contribution is -2.49. The van der Waals surface area contributed by atoms with Crippen molar-refractivity contribution in [3.05, 3.63) is 0 Å². The summed E-state index contributed by atoms with van der Waals surface area (Å²) in [5.74, 6) is 0.511. The Morgan fingerprint density at radius 3 is 2.79 bits per heavy atom. The van der Waals surface area contributed by atoms with Gasteiger partial charge in [-0.05, 0) is 12.3 Å². The molecule has 19 heavy (non-hydrogen) atoms. The number of nitrogens with zero attached hydrogens (tertiary/aromatic N) is 3. The zero-order valence-corrected chi connectivity index (χ0v) is 12.8. The standard InChI is InChI=1S/C13H24N4OS/c1-4-5-6-10-7-17(8-11(18-10)9(2)3)13-16-15-12(14)19-13/h9-11H,4-8H2,1-3H3,(H2,14,15)/t10-,11-/m1/s1. The number of hydrogen-bond acceptors (Lipinski definition) is 6. The number of morpholine rings is 1. The third-order valence-corrected chi connectivity index (χ3v) is 4.33. The van der Waals surface area contributed by atoms with Crippen molar-refractivity contribution in [2.75, 3.05) is 23.7 Å². The Bertz CT molecular complexity index is 396. The Hall–Kier alpha value is -0.880. The number of anilines is 2. The molecule has 1 aliphatic heterocycles. The highest BCUT2D eigenvalue weighted by molar-refractivity contribution is 7.18. The van der Waals surface area contributed by atoms with E-state index in [1.807, 2.05) is 0 Å². The lowest BCUT2D eigenvalue weighted by Gasteiger charge is -2.39. The van der Waals surface area contributed by atoms with Gasteiger partial charge in [0, 0.05) is 13.1 Å². The molecule has 0 spiro atoms. The van der Waals surface area contributed by atoms with E-state index < -0.39 is 0 Å². The van der Waals surface area contributed by atoms with E-state index in [1.165, 1.54) is 24.2 Å². The zero-order chi connectivity index (χ0) is 13.8. The number of aromatic nitrogens is 2. The summed E-state index contributed by atoms with van der Waals surface area (Å²) in [7, 11) is 0. The molecule has 2 rings (SSSR count). The van der Waals surface area contributed by atoms with Crippen LogP contribution in [0.15, 0.2) is 0 Å². The van der Waals surface area contributed by atoms with Gasteiger partial charge in [-0.1, -0.05) is 44.9 Å². The van der Waals surface area contributed by atoms with Gasteiger partial charge in [0.2, 0.25) is 10.3 Å². The minimum atomic E-state index is 0.265. The lowest BCUT2D eigenvalue weighted by molar-refractivity contribution is -0.0519. The quantitative estimate of drug-likeness (QED) is 0.900. The first-order chi connectivity index (χ1) is 9.10. The monoisotopic (exact) mass is 284 g/mol. The van der Waals surface area contributed by atoms with Gasteiger partial charge in [-0.25, -0.2) is 0 Å². The van der Waals surface area contributed by atoms with Gasteiger partial charge in [-0.15, -0.1) is 10.2 Å². The van der Waals surface area contributed by atoms with E-state index in [0.29, 0.717) is 17.2 Å². The summed E-state index contributed by atoms with van der Waals surface area (Å²) < 4.78 is 6.19. The second-order valence-corrected chi connectivity index (χ2v) is 6.50. The van der Waals surface area contributed by atoms with Crippen molar-refractivity contribution in [1.82, 2.24) is 10.2 Å². The molecule has 6 heteroatoms. The van der Waals surface area contributed by atoms with Crippen LogP contribution >= 0.6 is 11.3 Å². The van der Waals surface area contributed by atoms with Crippen molar-refractivity contribution in [2.24, 2.45) is 5.92 Å². The first-order valence-electron chi connectivity index (χ1n) is 7.09. The van der Waals surface area contributed by atoms with Crippen LogP contribution in [0.2, 0.25) is 0 Å². The highest BCUT2D eigenvalue weighted by Gasteiger charge is 2.30. The van der Waals surface area contributed by atoms with Crippen molar-refractivity contribution in [3.8, 4) is 0 Å². The van der Waals surface area contributed by atoms with E-state index in [0.717, 1.165) is 24.6 Å². The molecule has 1 aliphatic rings. The van der Waals surface area contributed by atoms with Crippen LogP contribution in [0.3, 0.4) is 0 Å². The number of rotatable bonds is 5. The van der Waals surface area contributed by atoms with Crippen molar-refractivity contribution in [2.45, 2.75) is 52.2 Å². The van der Waals surface area contributed by atoms with E-state index in [9.17, 15) is 0 Å². The highest BCUT2D eigenvalue weighted by Crippen LogP contribution is 2.28. The van der Waals surface area contributed by atoms with Crippen LogP contribution in [0.1, 0.15) is 40.0 Å². The van der Waals surface area contributed by atoms with E-state index >= 15 is 0 Å². The summed E-state index contributed by atoms with van der Waals surface area (Å²) in [6.07, 6.45) is 4.09. The highest BCUT2D eigenvalue weighted by atomic mass is 32.1. The summed E-state index contributed by atoms with van der Waals surface area (Å²) in [6.45, 7) is 8.41. The van der Waals surface area contributed by atoms with E-state index in [1.54, 1.807) is 0 Å². The predicted molar refractivity (Wildman–Crippen MR) is 79.6 cm³/mol. The average molecular weight is 284 g/mol. The van der Waals surface area contributed by atoms with Crippen molar-refractivity contribution < 1.29 is 4.74 Å². The third-order valence-electron chi connectivity index (χ3n) is 3.52. The van der Waals surface area contributed by atoms with Crippen LogP contribution in [-0.4, -0.2) is 35.5 Å². The van der Waals surface area contributed by atoms with Crippen LogP contribution in [-0.2, 0) is 4.74 Å². The molecule has 0 saturated carbocycles. The molecule has 1 aromatic rings. The summed E-state index contributed by atoms with van der Waals surface area (Å²) >= 11 is 1.46. The maximum Gasteiger partial charge on any atom is 0.210 e. The largest absolute Gasteiger partial charge is 0.374 e. The van der Waals surface area contributed by atoms with Crippen LogP contribution < -0.4 is 10.6 Å². The van der Waals surface area contributed by atoms with E-state index in [2.05, 4.69) is 35.9 Å². The van der Waals surface area contributed by atoms with E-state index in [4.69, 9.17) is 10.5 Å². The Morgan fingerprint density at radius 2 is 2.21 bits per heavy atom. The van der Waals surface area contributed by atoms with Crippen molar-refractivity contribution in [3.63, 3.8) is 0 Å². The van der Waals surface area contributed by atoms with Gasteiger partial charge in [-0.2, -0.15) is 0 Å². The van der Waals surface area contributed by atoms with Crippen molar-refractivity contribution >= 4 is 21.6 Å². The molecule has 2 heterocycles. The fourth-order valence-corrected chi connectivity index (χ4v) is 2.97. The molecule has 0 amide bonds. The number of nitrogens with two attached hydrogens (primary N) is 1. The van der Waals surface area contributed by atoms with Crippen LogP contribution in [0.4, 0.5) is 10.3 Å². The fourth-order valence-electron chi connectivity index (χ4n) is 2.34. The Labute approximate surface area is 119 Å². The molecule has 0 radical (unpaired) electrons. The van der Waals surface area contributed by atoms with Gasteiger partial charge >= 0.3 is 0 Å². The van der Waals surface area contributed by atoms with Gasteiger partial charge in [0.15, 0.2) is 0 Å². The maximum atomic E-state index is 6.19. The molecule has 5 nitrogen and oxygen atoms in total. The molecule has 2 atom stereocenters. The minimum absolute atomic E-state index is 0.265. The Kier molecular flexibility index (Phi) is 4.99. The predicted octanol–water partition coefficient (Wildman–Crippen LogP) is 2.54. The average Bonchev–Trinajstić information content (AvgIpc) is 2.82. The molecular formula is C13H24N4OS. The van der Waals surface area contributed by atoms with Gasteiger partial charge in [0.05, 0.1) is 12.2 Å². The molecule has 1 aromatic heterocycles. The van der Waals surface area contributed by atoms with Gasteiger partial charge in [-0.3, -0.25) is 0 Å². The molecule has 0 bridgehead atoms. The Morgan fingerprint density at radius 1 is 1.42 bits per heavy atom. The molecule has 1 fully saturated rings. The number of ether oxygens (including phenoxy) is 1. The van der Waals surface area contributed by atoms with Gasteiger partial charge in [0.1, 0.15) is 0 Å². The van der Waals surface area contributed by atoms with E-state index in [-0.39, 0.29) is 6.10 Å². The first kappa shape index (κ1) is 14.5. The summed E-state index contributed by atoms with van der Waals surface area (Å²) in [5, 5.41) is 9.53. The SMILES string of the molecule is CCCC[C@@H]1CN(c2nnc(N)s2)C[C@H](C(C)C)O1. The van der Waals surface area contributed by atoms with Gasteiger partial charge < -0.3 is 15.4 Å². The lowest BCUT2D eigenvalue weighted by atomic mass is 10.0. The molecular weight excluding hydrogens is 260 g/mol. The normalized spacial score (nSPS) is 24.1. The van der Waals surface area contributed by atoms with Crippen molar-refractivity contribution in [1.29, 1.82) is 0 Å².